The van der Waals surface area contributed by atoms with Crippen LogP contribution >= 0.6 is 0 Å². The topological polar surface area (TPSA) is 126 Å². The van der Waals surface area contributed by atoms with Crippen LogP contribution in [0, 0.1) is 12.8 Å². The summed E-state index contributed by atoms with van der Waals surface area (Å²) in [6.07, 6.45) is 0.994. The average Bonchev–Trinajstić information content (AvgIpc) is 2.85. The Hall–Kier alpha value is -1.52. The number of aryl methyl sites for hydroxylation is 1. The molecule has 1 fully saturated rings. The molecule has 1 aromatic rings. The minimum atomic E-state index is -3.85. The minimum absolute atomic E-state index is 0.0357. The van der Waals surface area contributed by atoms with E-state index in [1.165, 1.54) is 0 Å². The van der Waals surface area contributed by atoms with Crippen LogP contribution in [0.15, 0.2) is 4.52 Å². The molecule has 0 radical (unpaired) electrons. The summed E-state index contributed by atoms with van der Waals surface area (Å²) in [7, 11) is -3.85. The zero-order valence-corrected chi connectivity index (χ0v) is 13.6. The molecule has 1 unspecified atom stereocenters. The van der Waals surface area contributed by atoms with Crippen molar-refractivity contribution in [3.8, 4) is 0 Å². The van der Waals surface area contributed by atoms with E-state index in [-0.39, 0.29) is 12.4 Å². The molecule has 0 aliphatic carbocycles. The van der Waals surface area contributed by atoms with E-state index in [1.54, 1.807) is 20.8 Å². The summed E-state index contributed by atoms with van der Waals surface area (Å²) in [4.78, 5) is 15.1. The Bertz CT molecular complexity index is 654. The van der Waals surface area contributed by atoms with Crippen molar-refractivity contribution in [2.24, 2.45) is 5.92 Å². The Morgan fingerprint density at radius 2 is 2.18 bits per heavy atom. The number of aromatic nitrogens is 2. The first-order valence-corrected chi connectivity index (χ1v) is 8.38. The van der Waals surface area contributed by atoms with E-state index < -0.39 is 27.6 Å². The van der Waals surface area contributed by atoms with Crippen LogP contribution in [0.3, 0.4) is 0 Å². The molecule has 10 heteroatoms. The summed E-state index contributed by atoms with van der Waals surface area (Å²) in [5, 5.41) is 12.8. The van der Waals surface area contributed by atoms with Gasteiger partial charge in [-0.2, -0.15) is 22.4 Å². The molecular formula is C12H20N4O5S. The average molecular weight is 332 g/mol. The first-order valence-electron chi connectivity index (χ1n) is 6.94. The fourth-order valence-corrected chi connectivity index (χ4v) is 3.96. The van der Waals surface area contributed by atoms with E-state index in [1.807, 2.05) is 0 Å². The molecule has 22 heavy (non-hydrogen) atoms. The molecule has 2 N–H and O–H groups in total. The van der Waals surface area contributed by atoms with Gasteiger partial charge in [-0.1, -0.05) is 5.16 Å². The van der Waals surface area contributed by atoms with E-state index >= 15 is 0 Å². The summed E-state index contributed by atoms with van der Waals surface area (Å²) < 4.78 is 33.5. The van der Waals surface area contributed by atoms with Crippen molar-refractivity contribution in [1.82, 2.24) is 19.2 Å². The molecule has 9 nitrogen and oxygen atoms in total. The molecule has 1 atom stereocenters. The molecule has 124 valence electrons. The highest BCUT2D eigenvalue weighted by Gasteiger charge is 2.37. The number of carbonyl (C=O) groups is 1. The third-order valence-electron chi connectivity index (χ3n) is 3.54. The van der Waals surface area contributed by atoms with Crippen LogP contribution in [-0.4, -0.2) is 47.0 Å². The van der Waals surface area contributed by atoms with Gasteiger partial charge in [0.15, 0.2) is 5.82 Å². The van der Waals surface area contributed by atoms with Gasteiger partial charge in [0.2, 0.25) is 5.89 Å². The van der Waals surface area contributed by atoms with Crippen LogP contribution in [0.2, 0.25) is 0 Å². The van der Waals surface area contributed by atoms with Gasteiger partial charge in [0.25, 0.3) is 10.2 Å². The second kappa shape index (κ2) is 5.94. The molecule has 1 aliphatic rings. The molecular weight excluding hydrogens is 312 g/mol. The van der Waals surface area contributed by atoms with Gasteiger partial charge in [-0.25, -0.2) is 0 Å². The highest BCUT2D eigenvalue weighted by molar-refractivity contribution is 7.87. The quantitative estimate of drug-likeness (QED) is 0.791. The Kier molecular flexibility index (Phi) is 4.54. The highest BCUT2D eigenvalue weighted by Crippen LogP contribution is 2.23. The number of nitrogens with one attached hydrogen (secondary N) is 1. The van der Waals surface area contributed by atoms with E-state index in [9.17, 15) is 13.2 Å². The lowest BCUT2D eigenvalue weighted by molar-refractivity contribution is -0.142. The number of hydrogen-bond acceptors (Lipinski definition) is 6. The molecule has 0 bridgehead atoms. The normalized spacial score (nSPS) is 21.0. The van der Waals surface area contributed by atoms with Crippen molar-refractivity contribution in [1.29, 1.82) is 0 Å². The number of carboxylic acids is 1. The zero-order valence-electron chi connectivity index (χ0n) is 12.7. The second-order valence-corrected chi connectivity index (χ2v) is 7.58. The maximum Gasteiger partial charge on any atom is 0.307 e. The van der Waals surface area contributed by atoms with Crippen LogP contribution in [-0.2, 0) is 20.5 Å². The van der Waals surface area contributed by atoms with E-state index in [2.05, 4.69) is 14.9 Å². The fourth-order valence-electron chi connectivity index (χ4n) is 2.35. The van der Waals surface area contributed by atoms with Crippen LogP contribution in [0.5, 0.6) is 0 Å². The van der Waals surface area contributed by atoms with Crippen LogP contribution in [0.4, 0.5) is 0 Å². The van der Waals surface area contributed by atoms with Crippen molar-refractivity contribution in [2.45, 2.75) is 39.2 Å². The lowest BCUT2D eigenvalue weighted by Crippen LogP contribution is -2.52. The van der Waals surface area contributed by atoms with Gasteiger partial charge in [0, 0.05) is 20.0 Å². The monoisotopic (exact) mass is 332 g/mol. The highest BCUT2D eigenvalue weighted by atomic mass is 32.2. The molecule has 1 aliphatic heterocycles. The summed E-state index contributed by atoms with van der Waals surface area (Å²) in [5.41, 5.74) is -1.06. The molecule has 1 saturated heterocycles. The van der Waals surface area contributed by atoms with Crippen LogP contribution < -0.4 is 4.72 Å². The summed E-state index contributed by atoms with van der Waals surface area (Å²) in [5.74, 6) is -1.10. The zero-order chi connectivity index (χ0) is 16.5. The van der Waals surface area contributed by atoms with Crippen molar-refractivity contribution in [2.75, 3.05) is 13.1 Å². The van der Waals surface area contributed by atoms with Crippen LogP contribution in [0.1, 0.15) is 38.4 Å². The van der Waals surface area contributed by atoms with Crippen molar-refractivity contribution in [3.05, 3.63) is 11.7 Å². The van der Waals surface area contributed by atoms with Gasteiger partial charge in [-0.05, 0) is 26.7 Å². The van der Waals surface area contributed by atoms with E-state index in [0.29, 0.717) is 25.3 Å². The molecule has 0 saturated carbocycles. The Balaban J connectivity index is 2.15. The lowest BCUT2D eigenvalue weighted by Gasteiger charge is -2.32. The fraction of sp³-hybridized carbons (Fsp3) is 0.750. The summed E-state index contributed by atoms with van der Waals surface area (Å²) in [6.45, 7) is 5.11. The van der Waals surface area contributed by atoms with Gasteiger partial charge in [-0.3, -0.25) is 4.79 Å². The predicted octanol–water partition coefficient (Wildman–Crippen LogP) is 0.244. The van der Waals surface area contributed by atoms with Crippen molar-refractivity contribution >= 4 is 16.2 Å². The van der Waals surface area contributed by atoms with Gasteiger partial charge >= 0.3 is 5.97 Å². The minimum Gasteiger partial charge on any atom is -0.481 e. The third-order valence-corrected chi connectivity index (χ3v) is 5.32. The Morgan fingerprint density at radius 3 is 2.73 bits per heavy atom. The predicted molar refractivity (Wildman–Crippen MR) is 76.0 cm³/mol. The molecule has 2 rings (SSSR count). The van der Waals surface area contributed by atoms with Gasteiger partial charge in [0.1, 0.15) is 0 Å². The third kappa shape index (κ3) is 3.62. The molecule has 0 amide bonds. The van der Waals surface area contributed by atoms with Gasteiger partial charge in [0.05, 0.1) is 11.5 Å². The number of piperidine rings is 1. The molecule has 0 spiro atoms. The molecule has 2 heterocycles. The molecule has 1 aromatic heterocycles. The first kappa shape index (κ1) is 16.8. The first-order chi connectivity index (χ1) is 10.1. The van der Waals surface area contributed by atoms with Gasteiger partial charge in [-0.15, -0.1) is 0 Å². The second-order valence-electron chi connectivity index (χ2n) is 5.90. The summed E-state index contributed by atoms with van der Waals surface area (Å²) in [6, 6.07) is 0. The standard InChI is InChI=1S/C12H20N4O5S/c1-8-13-11(14-21-8)12(2,3)15-22(19,20)16-6-4-5-9(7-16)10(17)18/h9,15H,4-7H2,1-3H3,(H,17,18). The van der Waals surface area contributed by atoms with Crippen molar-refractivity contribution < 1.29 is 22.8 Å². The number of nitrogens with zero attached hydrogens (tertiary/aromatic N) is 3. The number of rotatable bonds is 5. The number of carboxylic acid groups (broad SMARTS) is 1. The number of aliphatic carboxylic acids is 1. The maximum absolute atomic E-state index is 12.5. The van der Waals surface area contributed by atoms with Crippen molar-refractivity contribution in [3.63, 3.8) is 0 Å². The number of hydrogen-bond donors (Lipinski definition) is 2. The van der Waals surface area contributed by atoms with Crippen LogP contribution in [0.25, 0.3) is 0 Å². The largest absolute Gasteiger partial charge is 0.481 e. The maximum atomic E-state index is 12.5. The van der Waals surface area contributed by atoms with E-state index in [4.69, 9.17) is 9.63 Å². The summed E-state index contributed by atoms with van der Waals surface area (Å²) >= 11 is 0. The Labute approximate surface area is 128 Å². The lowest BCUT2D eigenvalue weighted by atomic mass is 10.0. The Morgan fingerprint density at radius 1 is 1.50 bits per heavy atom. The van der Waals surface area contributed by atoms with E-state index in [0.717, 1.165) is 4.31 Å². The smallest absolute Gasteiger partial charge is 0.307 e. The van der Waals surface area contributed by atoms with Gasteiger partial charge < -0.3 is 9.63 Å². The SMILES string of the molecule is Cc1nc(C(C)(C)NS(=O)(=O)N2CCCC(C(=O)O)C2)no1. The molecule has 0 aromatic carbocycles.